The SMILES string of the molecule is NC(=O)c1c(NC(=O)c2ccc(-c3cc(Cl)ccc3Cl)o2)sc2c1CCCCC2. The number of carbonyl (C=O) groups is 2. The molecular formula is C21H18Cl2N2O3S. The van der Waals surface area contributed by atoms with E-state index in [-0.39, 0.29) is 5.76 Å². The van der Waals surface area contributed by atoms with Gasteiger partial charge >= 0.3 is 0 Å². The Morgan fingerprint density at radius 3 is 2.66 bits per heavy atom. The normalized spacial score (nSPS) is 13.6. The van der Waals surface area contributed by atoms with E-state index in [0.29, 0.717) is 31.9 Å². The summed E-state index contributed by atoms with van der Waals surface area (Å²) in [5.41, 5.74) is 7.62. The molecule has 2 aromatic heterocycles. The van der Waals surface area contributed by atoms with Crippen LogP contribution in [0, 0.1) is 0 Å². The highest BCUT2D eigenvalue weighted by Gasteiger charge is 2.25. The molecule has 5 nitrogen and oxygen atoms in total. The topological polar surface area (TPSA) is 85.3 Å². The first-order valence-electron chi connectivity index (χ1n) is 9.25. The third kappa shape index (κ3) is 4.06. The summed E-state index contributed by atoms with van der Waals surface area (Å²) in [6.45, 7) is 0. The molecule has 3 aromatic rings. The summed E-state index contributed by atoms with van der Waals surface area (Å²) in [6.07, 6.45) is 4.91. The van der Waals surface area contributed by atoms with Crippen LogP contribution in [0.5, 0.6) is 0 Å². The number of carbonyl (C=O) groups excluding carboxylic acids is 2. The van der Waals surface area contributed by atoms with Gasteiger partial charge in [-0.25, -0.2) is 0 Å². The maximum atomic E-state index is 12.8. The smallest absolute Gasteiger partial charge is 0.292 e. The van der Waals surface area contributed by atoms with Crippen molar-refractivity contribution in [1.29, 1.82) is 0 Å². The van der Waals surface area contributed by atoms with Crippen LogP contribution in [0.2, 0.25) is 10.0 Å². The summed E-state index contributed by atoms with van der Waals surface area (Å²) in [6, 6.07) is 8.23. The zero-order chi connectivity index (χ0) is 20.5. The second-order valence-electron chi connectivity index (χ2n) is 6.88. The summed E-state index contributed by atoms with van der Waals surface area (Å²) in [5, 5.41) is 4.26. The molecule has 0 fully saturated rings. The van der Waals surface area contributed by atoms with E-state index in [4.69, 9.17) is 33.4 Å². The third-order valence-corrected chi connectivity index (χ3v) is 6.69. The van der Waals surface area contributed by atoms with Crippen molar-refractivity contribution in [2.75, 3.05) is 5.32 Å². The molecule has 1 aliphatic carbocycles. The Bertz CT molecular complexity index is 1100. The van der Waals surface area contributed by atoms with E-state index in [9.17, 15) is 9.59 Å². The monoisotopic (exact) mass is 448 g/mol. The predicted octanol–water partition coefficient (Wildman–Crippen LogP) is 5.94. The number of aryl methyl sites for hydroxylation is 1. The highest BCUT2D eigenvalue weighted by Crippen LogP contribution is 2.38. The van der Waals surface area contributed by atoms with Crippen LogP contribution >= 0.6 is 34.5 Å². The highest BCUT2D eigenvalue weighted by atomic mass is 35.5. The van der Waals surface area contributed by atoms with Crippen molar-refractivity contribution in [2.24, 2.45) is 5.73 Å². The molecule has 0 radical (unpaired) electrons. The number of benzene rings is 1. The van der Waals surface area contributed by atoms with Gasteiger partial charge in [0.2, 0.25) is 0 Å². The minimum Gasteiger partial charge on any atom is -0.451 e. The minimum absolute atomic E-state index is 0.107. The van der Waals surface area contributed by atoms with E-state index in [1.54, 1.807) is 30.3 Å². The van der Waals surface area contributed by atoms with Crippen LogP contribution < -0.4 is 11.1 Å². The van der Waals surface area contributed by atoms with E-state index >= 15 is 0 Å². The van der Waals surface area contributed by atoms with Crippen LogP contribution in [-0.4, -0.2) is 11.8 Å². The van der Waals surface area contributed by atoms with Crippen molar-refractivity contribution < 1.29 is 14.0 Å². The van der Waals surface area contributed by atoms with Gasteiger partial charge in [-0.2, -0.15) is 0 Å². The Morgan fingerprint density at radius 1 is 1.07 bits per heavy atom. The van der Waals surface area contributed by atoms with Gasteiger partial charge in [0, 0.05) is 15.5 Å². The Kier molecular flexibility index (Phi) is 5.67. The molecule has 0 saturated carbocycles. The van der Waals surface area contributed by atoms with Crippen molar-refractivity contribution in [3.05, 3.63) is 62.1 Å². The molecule has 0 bridgehead atoms. The molecule has 3 N–H and O–H groups in total. The molecule has 0 aliphatic heterocycles. The van der Waals surface area contributed by atoms with Gasteiger partial charge in [0.05, 0.1) is 10.6 Å². The molecule has 0 saturated heterocycles. The average molecular weight is 449 g/mol. The van der Waals surface area contributed by atoms with E-state index in [1.165, 1.54) is 11.3 Å². The number of nitrogens with two attached hydrogens (primary N) is 1. The van der Waals surface area contributed by atoms with Gasteiger partial charge in [-0.3, -0.25) is 9.59 Å². The number of halogens is 2. The maximum absolute atomic E-state index is 12.8. The molecule has 2 amide bonds. The third-order valence-electron chi connectivity index (χ3n) is 4.92. The average Bonchev–Trinajstić information content (AvgIpc) is 3.23. The molecular weight excluding hydrogens is 431 g/mol. The molecule has 1 aliphatic rings. The largest absolute Gasteiger partial charge is 0.451 e. The summed E-state index contributed by atoms with van der Waals surface area (Å²) >= 11 is 13.7. The van der Waals surface area contributed by atoms with E-state index in [1.807, 2.05) is 0 Å². The maximum Gasteiger partial charge on any atom is 0.292 e. The fourth-order valence-electron chi connectivity index (χ4n) is 3.55. The number of hydrogen-bond donors (Lipinski definition) is 2. The van der Waals surface area contributed by atoms with Gasteiger partial charge in [-0.1, -0.05) is 29.6 Å². The molecule has 29 heavy (non-hydrogen) atoms. The van der Waals surface area contributed by atoms with Crippen LogP contribution in [-0.2, 0) is 12.8 Å². The zero-order valence-electron chi connectivity index (χ0n) is 15.4. The Hall–Kier alpha value is -2.28. The Morgan fingerprint density at radius 2 is 1.86 bits per heavy atom. The fraction of sp³-hybridized carbons (Fsp3) is 0.238. The number of nitrogens with one attached hydrogen (secondary N) is 1. The lowest BCUT2D eigenvalue weighted by Gasteiger charge is -2.05. The van der Waals surface area contributed by atoms with Gasteiger partial charge < -0.3 is 15.5 Å². The lowest BCUT2D eigenvalue weighted by Crippen LogP contribution is -2.17. The number of primary amides is 1. The van der Waals surface area contributed by atoms with Crippen molar-refractivity contribution in [2.45, 2.75) is 32.1 Å². The van der Waals surface area contributed by atoms with Gasteiger partial charge in [-0.15, -0.1) is 11.3 Å². The quantitative estimate of drug-likeness (QED) is 0.484. The van der Waals surface area contributed by atoms with Crippen LogP contribution in [0.25, 0.3) is 11.3 Å². The molecule has 8 heteroatoms. The molecule has 1 aromatic carbocycles. The highest BCUT2D eigenvalue weighted by molar-refractivity contribution is 7.17. The van der Waals surface area contributed by atoms with E-state index < -0.39 is 11.8 Å². The summed E-state index contributed by atoms with van der Waals surface area (Å²) in [7, 11) is 0. The molecule has 150 valence electrons. The van der Waals surface area contributed by atoms with Gasteiger partial charge in [0.1, 0.15) is 10.8 Å². The lowest BCUT2D eigenvalue weighted by atomic mass is 10.1. The second kappa shape index (κ2) is 8.22. The fourth-order valence-corrected chi connectivity index (χ4v) is 5.22. The van der Waals surface area contributed by atoms with Gasteiger partial charge in [0.15, 0.2) is 5.76 Å². The first kappa shape index (κ1) is 20.0. The summed E-state index contributed by atoms with van der Waals surface area (Å²) < 4.78 is 5.70. The van der Waals surface area contributed by atoms with Crippen molar-refractivity contribution in [3.8, 4) is 11.3 Å². The number of rotatable bonds is 4. The predicted molar refractivity (Wildman–Crippen MR) is 116 cm³/mol. The van der Waals surface area contributed by atoms with Crippen LogP contribution in [0.15, 0.2) is 34.7 Å². The van der Waals surface area contributed by atoms with Crippen LogP contribution in [0.1, 0.15) is 50.6 Å². The standard InChI is InChI=1S/C21H18Cl2N2O3S/c22-11-6-7-14(23)13(10-11)15-8-9-16(28-15)20(27)25-21-18(19(24)26)12-4-2-1-3-5-17(12)29-21/h6-10H,1-5H2,(H2,24,26)(H,25,27). The number of amides is 2. The lowest BCUT2D eigenvalue weighted by molar-refractivity contribution is 0.0998. The number of thiophene rings is 1. The Labute approximate surface area is 181 Å². The number of hydrogen-bond acceptors (Lipinski definition) is 4. The summed E-state index contributed by atoms with van der Waals surface area (Å²) in [5.74, 6) is -0.436. The van der Waals surface area contributed by atoms with Crippen LogP contribution in [0.4, 0.5) is 5.00 Å². The zero-order valence-corrected chi connectivity index (χ0v) is 17.7. The summed E-state index contributed by atoms with van der Waals surface area (Å²) in [4.78, 5) is 26.0. The molecule has 0 spiro atoms. The van der Waals surface area contributed by atoms with E-state index in [0.717, 1.165) is 42.5 Å². The number of furan rings is 1. The second-order valence-corrected chi connectivity index (χ2v) is 8.82. The van der Waals surface area contributed by atoms with Gasteiger partial charge in [0.25, 0.3) is 11.8 Å². The van der Waals surface area contributed by atoms with E-state index in [2.05, 4.69) is 5.32 Å². The van der Waals surface area contributed by atoms with Crippen molar-refractivity contribution in [1.82, 2.24) is 0 Å². The van der Waals surface area contributed by atoms with Gasteiger partial charge in [-0.05, 0) is 61.6 Å². The molecule has 0 unspecified atom stereocenters. The number of anilines is 1. The number of fused-ring (bicyclic) bond motifs is 1. The minimum atomic E-state index is -0.523. The van der Waals surface area contributed by atoms with Crippen LogP contribution in [0.3, 0.4) is 0 Å². The molecule has 4 rings (SSSR count). The first-order valence-corrected chi connectivity index (χ1v) is 10.8. The first-order chi connectivity index (χ1) is 13.9. The molecule has 0 atom stereocenters. The molecule has 2 heterocycles. The Balaban J connectivity index is 1.62. The van der Waals surface area contributed by atoms with Crippen molar-refractivity contribution in [3.63, 3.8) is 0 Å². The van der Waals surface area contributed by atoms with Crippen molar-refractivity contribution >= 4 is 51.4 Å².